The Labute approximate surface area is 55.1 Å². The molecule has 0 aromatic heterocycles. The van der Waals surface area contributed by atoms with Crippen LogP contribution in [0.2, 0.25) is 0 Å². The molecule has 2 rings (SSSR count). The first-order valence-electron chi connectivity index (χ1n) is 3.43. The molecule has 1 aliphatic heterocycles. The maximum atomic E-state index is 5.52. The molecule has 50 valence electrons. The van der Waals surface area contributed by atoms with Crippen molar-refractivity contribution in [3.63, 3.8) is 0 Å². The van der Waals surface area contributed by atoms with Crippen LogP contribution >= 0.6 is 0 Å². The van der Waals surface area contributed by atoms with Crippen LogP contribution in [0, 0.1) is 0 Å². The van der Waals surface area contributed by atoms with Crippen LogP contribution in [-0.4, -0.2) is 17.2 Å². The predicted octanol–water partition coefficient (Wildman–Crippen LogP) is 1.30. The monoisotopic (exact) mass is 125 g/mol. The van der Waals surface area contributed by atoms with Crippen LogP contribution in [0.4, 0.5) is 0 Å². The Kier molecular flexibility index (Phi) is 0.887. The second-order valence-corrected chi connectivity index (χ2v) is 2.85. The van der Waals surface area contributed by atoms with Gasteiger partial charge in [0.25, 0.3) is 0 Å². The first kappa shape index (κ1) is 5.30. The Morgan fingerprint density at radius 3 is 2.56 bits per heavy atom. The van der Waals surface area contributed by atoms with Gasteiger partial charge < -0.3 is 0 Å². The van der Waals surface area contributed by atoms with Crippen LogP contribution in [0.3, 0.4) is 0 Å². The molecule has 0 N–H and O–H groups in total. The normalized spacial score (nSPS) is 29.1. The van der Waals surface area contributed by atoms with Crippen LogP contribution in [0.5, 0.6) is 0 Å². The quantitative estimate of drug-likeness (QED) is 0.523. The summed E-state index contributed by atoms with van der Waals surface area (Å²) in [7, 11) is 0. The number of hydroxylamine groups is 2. The van der Waals surface area contributed by atoms with Crippen molar-refractivity contribution in [3.8, 4) is 0 Å². The molecule has 0 radical (unpaired) electrons. The van der Waals surface area contributed by atoms with Gasteiger partial charge in [-0.3, -0.25) is 9.90 Å². The van der Waals surface area contributed by atoms with Gasteiger partial charge in [0.05, 0.1) is 5.60 Å². The minimum Gasteiger partial charge on any atom is -0.267 e. The van der Waals surface area contributed by atoms with E-state index in [-0.39, 0.29) is 5.60 Å². The zero-order valence-electron chi connectivity index (χ0n) is 5.47. The molecule has 0 aromatic carbocycles. The molecule has 1 saturated carbocycles. The number of rotatable bonds is 1. The number of nitrogens with zero attached hydrogens (tertiary/aromatic N) is 1. The molecule has 0 amide bonds. The Balaban J connectivity index is 2.00. The summed E-state index contributed by atoms with van der Waals surface area (Å²) in [4.78, 5) is 5.52. The van der Waals surface area contributed by atoms with Crippen molar-refractivity contribution in [2.75, 3.05) is 6.54 Å². The molecule has 2 nitrogen and oxygen atoms in total. The zero-order valence-corrected chi connectivity index (χ0v) is 5.47. The van der Waals surface area contributed by atoms with Crippen molar-refractivity contribution in [2.24, 2.45) is 0 Å². The van der Waals surface area contributed by atoms with Gasteiger partial charge in [0.15, 0.2) is 0 Å². The maximum absolute atomic E-state index is 5.52. The molecule has 2 fully saturated rings. The van der Waals surface area contributed by atoms with Crippen molar-refractivity contribution >= 4 is 0 Å². The highest BCUT2D eigenvalue weighted by Gasteiger charge is 2.49. The zero-order chi connectivity index (χ0) is 6.32. The molecule has 1 heterocycles. The topological polar surface area (TPSA) is 12.5 Å². The van der Waals surface area contributed by atoms with E-state index in [2.05, 4.69) is 6.58 Å². The standard InChI is InChI=1S/C7H11NO/c1-2-8-6-5-7(9-8)3-4-7/h2H,1,3-6H2. The van der Waals surface area contributed by atoms with Gasteiger partial charge in [-0.1, -0.05) is 6.58 Å². The van der Waals surface area contributed by atoms with Crippen molar-refractivity contribution in [1.82, 2.24) is 5.06 Å². The van der Waals surface area contributed by atoms with Gasteiger partial charge in [-0.2, -0.15) is 0 Å². The highest BCUT2D eigenvalue weighted by Crippen LogP contribution is 2.46. The fourth-order valence-corrected chi connectivity index (χ4v) is 1.26. The SMILES string of the molecule is C=CN1CCC2(CC2)O1. The Morgan fingerprint density at radius 1 is 1.44 bits per heavy atom. The van der Waals surface area contributed by atoms with Crippen molar-refractivity contribution in [3.05, 3.63) is 12.8 Å². The first-order valence-corrected chi connectivity index (χ1v) is 3.43. The van der Waals surface area contributed by atoms with Crippen molar-refractivity contribution < 1.29 is 4.84 Å². The van der Waals surface area contributed by atoms with Crippen LogP contribution < -0.4 is 0 Å². The van der Waals surface area contributed by atoms with Crippen LogP contribution in [0.25, 0.3) is 0 Å². The third kappa shape index (κ3) is 0.741. The van der Waals surface area contributed by atoms with Crippen molar-refractivity contribution in [1.29, 1.82) is 0 Å². The van der Waals surface area contributed by atoms with Gasteiger partial charge >= 0.3 is 0 Å². The molecule has 2 aliphatic rings. The minimum absolute atomic E-state index is 0.272. The molecule has 0 unspecified atom stereocenters. The lowest BCUT2D eigenvalue weighted by Crippen LogP contribution is -2.12. The predicted molar refractivity (Wildman–Crippen MR) is 34.6 cm³/mol. The van der Waals surface area contributed by atoms with Crippen LogP contribution in [0.1, 0.15) is 19.3 Å². The van der Waals surface area contributed by atoms with E-state index in [4.69, 9.17) is 4.84 Å². The van der Waals surface area contributed by atoms with E-state index < -0.39 is 0 Å². The fourth-order valence-electron chi connectivity index (χ4n) is 1.26. The lowest BCUT2D eigenvalue weighted by Gasteiger charge is -2.10. The van der Waals surface area contributed by atoms with Gasteiger partial charge in [0.1, 0.15) is 0 Å². The van der Waals surface area contributed by atoms with Gasteiger partial charge in [-0.05, 0) is 19.3 Å². The average molecular weight is 125 g/mol. The van der Waals surface area contributed by atoms with Gasteiger partial charge in [0.2, 0.25) is 0 Å². The summed E-state index contributed by atoms with van der Waals surface area (Å²) in [5.74, 6) is 0. The summed E-state index contributed by atoms with van der Waals surface area (Å²) in [5.41, 5.74) is 0.272. The van der Waals surface area contributed by atoms with Crippen molar-refractivity contribution in [2.45, 2.75) is 24.9 Å². The van der Waals surface area contributed by atoms with Gasteiger partial charge in [-0.15, -0.1) is 0 Å². The summed E-state index contributed by atoms with van der Waals surface area (Å²) in [6, 6.07) is 0. The van der Waals surface area contributed by atoms with E-state index in [0.29, 0.717) is 0 Å². The summed E-state index contributed by atoms with van der Waals surface area (Å²) in [6.07, 6.45) is 5.45. The third-order valence-corrected chi connectivity index (χ3v) is 2.11. The van der Waals surface area contributed by atoms with Gasteiger partial charge in [-0.25, -0.2) is 0 Å². The molecule has 0 atom stereocenters. The third-order valence-electron chi connectivity index (χ3n) is 2.11. The largest absolute Gasteiger partial charge is 0.267 e. The Morgan fingerprint density at radius 2 is 2.22 bits per heavy atom. The van der Waals surface area contributed by atoms with E-state index in [1.807, 2.05) is 5.06 Å². The average Bonchev–Trinajstić information content (AvgIpc) is 2.44. The van der Waals surface area contributed by atoms with E-state index in [0.717, 1.165) is 6.54 Å². The summed E-state index contributed by atoms with van der Waals surface area (Å²) in [5, 5.41) is 1.84. The second kappa shape index (κ2) is 1.51. The maximum Gasteiger partial charge on any atom is 0.0982 e. The van der Waals surface area contributed by atoms with E-state index in [9.17, 15) is 0 Å². The summed E-state index contributed by atoms with van der Waals surface area (Å²) < 4.78 is 0. The molecule has 1 spiro atoms. The molecule has 0 bridgehead atoms. The highest BCUT2D eigenvalue weighted by molar-refractivity contribution is 4.99. The van der Waals surface area contributed by atoms with E-state index in [1.54, 1.807) is 6.20 Å². The van der Waals surface area contributed by atoms with E-state index >= 15 is 0 Å². The highest BCUT2D eigenvalue weighted by atomic mass is 16.7. The van der Waals surface area contributed by atoms with Crippen LogP contribution in [0.15, 0.2) is 12.8 Å². The molecular formula is C7H11NO. The fraction of sp³-hybridized carbons (Fsp3) is 0.714. The first-order chi connectivity index (χ1) is 4.35. The minimum atomic E-state index is 0.272. The summed E-state index contributed by atoms with van der Waals surface area (Å²) in [6.45, 7) is 4.67. The molecule has 9 heavy (non-hydrogen) atoms. The van der Waals surface area contributed by atoms with Crippen LogP contribution in [-0.2, 0) is 4.84 Å². The molecule has 1 aliphatic carbocycles. The molecule has 2 heteroatoms. The lowest BCUT2D eigenvalue weighted by molar-refractivity contribution is -0.120. The molecular weight excluding hydrogens is 114 g/mol. The smallest absolute Gasteiger partial charge is 0.0982 e. The summed E-state index contributed by atoms with van der Waals surface area (Å²) >= 11 is 0. The number of hydrogen-bond donors (Lipinski definition) is 0. The Bertz CT molecular complexity index is 140. The Hall–Kier alpha value is -0.500. The number of hydrogen-bond acceptors (Lipinski definition) is 2. The molecule has 1 saturated heterocycles. The molecule has 0 aromatic rings. The lowest BCUT2D eigenvalue weighted by atomic mass is 10.2. The van der Waals surface area contributed by atoms with Gasteiger partial charge in [0, 0.05) is 12.7 Å². The van der Waals surface area contributed by atoms with E-state index in [1.165, 1.54) is 19.3 Å². The second-order valence-electron chi connectivity index (χ2n) is 2.85.